The van der Waals surface area contributed by atoms with Crippen LogP contribution in [0.2, 0.25) is 0 Å². The van der Waals surface area contributed by atoms with Crippen LogP contribution in [0.15, 0.2) is 65.3 Å². The van der Waals surface area contributed by atoms with Crippen molar-refractivity contribution in [2.45, 2.75) is 57.7 Å². The third-order valence-corrected chi connectivity index (χ3v) is 6.70. The zero-order valence-electron chi connectivity index (χ0n) is 18.1. The van der Waals surface area contributed by atoms with Gasteiger partial charge in [0.05, 0.1) is 6.04 Å². The van der Waals surface area contributed by atoms with Gasteiger partial charge in [-0.3, -0.25) is 4.90 Å². The van der Waals surface area contributed by atoms with E-state index >= 15 is 0 Å². The molecule has 1 aromatic carbocycles. The molecule has 1 aromatic rings. The summed E-state index contributed by atoms with van der Waals surface area (Å²) in [6, 6.07) is 9.19. The van der Waals surface area contributed by atoms with Gasteiger partial charge in [0.1, 0.15) is 16.3 Å². The summed E-state index contributed by atoms with van der Waals surface area (Å²) in [4.78, 5) is 3.51. The van der Waals surface area contributed by atoms with Crippen LogP contribution in [-0.2, 0) is 0 Å². The van der Waals surface area contributed by atoms with E-state index in [-0.39, 0.29) is 11.6 Å². The van der Waals surface area contributed by atoms with Crippen molar-refractivity contribution < 1.29 is 4.74 Å². The van der Waals surface area contributed by atoms with Gasteiger partial charge in [0.2, 0.25) is 0 Å². The molecule has 5 rings (SSSR count). The first kappa shape index (κ1) is 19.8. The molecule has 2 atom stereocenters. The molecule has 4 heteroatoms. The van der Waals surface area contributed by atoms with Gasteiger partial charge < -0.3 is 10.1 Å². The molecule has 30 heavy (non-hydrogen) atoms. The SMILES string of the molecule is CC(C)(C)Oc1ccccc1C1=CC2=C(C3=CCN4CCCC4C3)C(=S)NC2C=C1. The minimum absolute atomic E-state index is 0.175. The number of hydrogen-bond acceptors (Lipinski definition) is 3. The average molecular weight is 419 g/mol. The number of allylic oxidation sites excluding steroid dienone is 2. The summed E-state index contributed by atoms with van der Waals surface area (Å²) in [5.74, 6) is 0.925. The summed E-state index contributed by atoms with van der Waals surface area (Å²) < 4.78 is 6.26. The van der Waals surface area contributed by atoms with Crippen molar-refractivity contribution in [2.75, 3.05) is 13.1 Å². The number of nitrogens with zero attached hydrogens (tertiary/aromatic N) is 1. The molecule has 0 radical (unpaired) electrons. The first-order chi connectivity index (χ1) is 14.4. The smallest absolute Gasteiger partial charge is 0.127 e. The Morgan fingerprint density at radius 1 is 1.20 bits per heavy atom. The van der Waals surface area contributed by atoms with Gasteiger partial charge in [-0.15, -0.1) is 0 Å². The molecule has 156 valence electrons. The van der Waals surface area contributed by atoms with E-state index in [2.05, 4.69) is 73.5 Å². The third-order valence-electron chi connectivity index (χ3n) is 6.38. The van der Waals surface area contributed by atoms with Crippen LogP contribution in [0.5, 0.6) is 5.75 Å². The van der Waals surface area contributed by atoms with Crippen LogP contribution in [0.1, 0.15) is 45.6 Å². The third kappa shape index (κ3) is 3.67. The van der Waals surface area contributed by atoms with Crippen LogP contribution < -0.4 is 10.1 Å². The van der Waals surface area contributed by atoms with E-state index in [1.807, 2.05) is 6.07 Å². The Morgan fingerprint density at radius 2 is 2.03 bits per heavy atom. The number of hydrogen-bond donors (Lipinski definition) is 1. The van der Waals surface area contributed by atoms with Crippen molar-refractivity contribution in [1.29, 1.82) is 0 Å². The Morgan fingerprint density at radius 3 is 2.87 bits per heavy atom. The molecule has 0 saturated carbocycles. The second-order valence-corrected chi connectivity index (χ2v) is 10.1. The quantitative estimate of drug-likeness (QED) is 0.681. The van der Waals surface area contributed by atoms with E-state index in [1.54, 1.807) is 0 Å². The topological polar surface area (TPSA) is 24.5 Å². The fourth-order valence-corrected chi connectivity index (χ4v) is 5.44. The Kier molecular flexibility index (Phi) is 4.95. The standard InChI is InChI=1S/C26H30N2OS/c1-26(2,3)29-23-9-5-4-8-20(23)17-10-11-22-21(16-17)24(25(30)27-22)18-12-14-28-13-6-7-19(28)15-18/h4-5,8-12,16,19,22H,6-7,13-15H2,1-3H3,(H,27,30). The van der Waals surface area contributed by atoms with Crippen molar-refractivity contribution in [3.63, 3.8) is 0 Å². The van der Waals surface area contributed by atoms with Gasteiger partial charge in [0, 0.05) is 23.7 Å². The highest BCUT2D eigenvalue weighted by Crippen LogP contribution is 2.39. The van der Waals surface area contributed by atoms with Crippen LogP contribution in [0.4, 0.5) is 0 Å². The Hall–Kier alpha value is -2.17. The normalized spacial score (nSPS) is 26.2. The average Bonchev–Trinajstić information content (AvgIpc) is 3.29. The molecule has 4 aliphatic rings. The van der Waals surface area contributed by atoms with Gasteiger partial charge in [-0.05, 0) is 75.4 Å². The van der Waals surface area contributed by atoms with Crippen molar-refractivity contribution in [2.24, 2.45) is 0 Å². The number of benzene rings is 1. The lowest BCUT2D eigenvalue weighted by Crippen LogP contribution is -2.34. The number of rotatable bonds is 3. The highest BCUT2D eigenvalue weighted by atomic mass is 32.1. The highest BCUT2D eigenvalue weighted by Gasteiger charge is 2.35. The minimum atomic E-state index is -0.238. The van der Waals surface area contributed by atoms with Gasteiger partial charge in [0.25, 0.3) is 0 Å². The van der Waals surface area contributed by atoms with E-state index in [9.17, 15) is 0 Å². The van der Waals surface area contributed by atoms with E-state index in [0.29, 0.717) is 6.04 Å². The van der Waals surface area contributed by atoms with Crippen molar-refractivity contribution in [3.8, 4) is 5.75 Å². The van der Waals surface area contributed by atoms with Crippen molar-refractivity contribution in [1.82, 2.24) is 10.2 Å². The Labute approximate surface area is 185 Å². The molecule has 1 fully saturated rings. The second-order valence-electron chi connectivity index (χ2n) is 9.68. The number of ether oxygens (including phenoxy) is 1. The van der Waals surface area contributed by atoms with Gasteiger partial charge in [0.15, 0.2) is 0 Å². The summed E-state index contributed by atoms with van der Waals surface area (Å²) in [6.45, 7) is 8.56. The van der Waals surface area contributed by atoms with Crippen LogP contribution in [0.25, 0.3) is 5.57 Å². The summed E-state index contributed by atoms with van der Waals surface area (Å²) in [5.41, 5.74) is 6.07. The molecule has 0 bridgehead atoms. The van der Waals surface area contributed by atoms with Crippen molar-refractivity contribution in [3.05, 3.63) is 70.9 Å². The molecule has 3 heterocycles. The maximum atomic E-state index is 6.26. The monoisotopic (exact) mass is 418 g/mol. The van der Waals surface area contributed by atoms with Crippen LogP contribution in [0, 0.1) is 0 Å². The van der Waals surface area contributed by atoms with Gasteiger partial charge in [-0.25, -0.2) is 0 Å². The molecule has 1 aliphatic carbocycles. The molecule has 0 aromatic heterocycles. The lowest BCUT2D eigenvalue weighted by Gasteiger charge is -2.30. The molecule has 2 unspecified atom stereocenters. The number of fused-ring (bicyclic) bond motifs is 2. The number of para-hydroxylation sites is 1. The van der Waals surface area contributed by atoms with E-state index in [0.717, 1.165) is 29.3 Å². The maximum Gasteiger partial charge on any atom is 0.127 e. The molecule has 1 saturated heterocycles. The van der Waals surface area contributed by atoms with Crippen molar-refractivity contribution >= 4 is 22.8 Å². The Balaban J connectivity index is 1.53. The summed E-state index contributed by atoms with van der Waals surface area (Å²) >= 11 is 5.80. The first-order valence-corrected chi connectivity index (χ1v) is 11.5. The van der Waals surface area contributed by atoms with Gasteiger partial charge in [-0.1, -0.05) is 48.6 Å². The predicted molar refractivity (Wildman–Crippen MR) is 128 cm³/mol. The van der Waals surface area contributed by atoms with E-state index in [4.69, 9.17) is 17.0 Å². The highest BCUT2D eigenvalue weighted by molar-refractivity contribution is 7.80. The molecule has 0 amide bonds. The summed E-state index contributed by atoms with van der Waals surface area (Å²) in [5, 5.41) is 3.53. The number of thiocarbonyl (C=S) groups is 1. The van der Waals surface area contributed by atoms with Crippen LogP contribution >= 0.6 is 12.2 Å². The van der Waals surface area contributed by atoms with Crippen LogP contribution in [-0.4, -0.2) is 40.7 Å². The van der Waals surface area contributed by atoms with Gasteiger partial charge >= 0.3 is 0 Å². The molecular weight excluding hydrogens is 388 g/mol. The Bertz CT molecular complexity index is 1010. The summed E-state index contributed by atoms with van der Waals surface area (Å²) in [7, 11) is 0. The zero-order valence-corrected chi connectivity index (χ0v) is 18.9. The molecule has 0 spiro atoms. The minimum Gasteiger partial charge on any atom is -0.488 e. The maximum absolute atomic E-state index is 6.26. The molecule has 3 nitrogen and oxygen atoms in total. The lowest BCUT2D eigenvalue weighted by molar-refractivity contribution is 0.130. The first-order valence-electron chi connectivity index (χ1n) is 11.1. The van der Waals surface area contributed by atoms with Crippen LogP contribution in [0.3, 0.4) is 0 Å². The molecule has 3 aliphatic heterocycles. The second kappa shape index (κ2) is 7.51. The number of nitrogens with one attached hydrogen (secondary N) is 1. The lowest BCUT2D eigenvalue weighted by atomic mass is 9.87. The fraction of sp³-hybridized carbons (Fsp3) is 0.423. The summed E-state index contributed by atoms with van der Waals surface area (Å²) in [6.07, 6.45) is 12.9. The largest absolute Gasteiger partial charge is 0.488 e. The zero-order chi connectivity index (χ0) is 20.9. The fourth-order valence-electron chi connectivity index (χ4n) is 5.07. The van der Waals surface area contributed by atoms with E-state index in [1.165, 1.54) is 41.7 Å². The molecule has 1 N–H and O–H groups in total. The van der Waals surface area contributed by atoms with Gasteiger partial charge in [-0.2, -0.15) is 0 Å². The molecular formula is C26H30N2OS. The predicted octanol–water partition coefficient (Wildman–Crippen LogP) is 5.21. The van der Waals surface area contributed by atoms with E-state index < -0.39 is 0 Å².